The minimum Gasteiger partial charge on any atom is -0.457 e. The SMILES string of the molecule is C=C.CC(=O)O[C@@H]([C@H]1CCC2[C@H]3CC[C@@]45C[C@@]46CC[C@H](OCCN(C)C)C(C)(C)C6CC[C@H]5C3C[C@H]2O1)C(C)(C)O. The van der Waals surface area contributed by atoms with Crippen molar-refractivity contribution in [2.24, 2.45) is 45.8 Å². The molecular formula is C35H59NO5. The minimum absolute atomic E-state index is 0.212. The van der Waals surface area contributed by atoms with Crippen LogP contribution in [0.25, 0.3) is 0 Å². The van der Waals surface area contributed by atoms with Gasteiger partial charge in [-0.05, 0) is 138 Å². The first-order valence-electron chi connectivity index (χ1n) is 16.6. The Morgan fingerprint density at radius 3 is 2.39 bits per heavy atom. The van der Waals surface area contributed by atoms with Gasteiger partial charge in [0.05, 0.1) is 30.5 Å². The molecule has 0 aromatic heterocycles. The van der Waals surface area contributed by atoms with E-state index in [2.05, 4.69) is 46.0 Å². The van der Waals surface area contributed by atoms with Crippen molar-refractivity contribution in [3.05, 3.63) is 13.2 Å². The number of carbonyl (C=O) groups is 1. The molecule has 0 bridgehead atoms. The molecule has 2 spiro atoms. The van der Waals surface area contributed by atoms with Gasteiger partial charge in [0.15, 0.2) is 6.10 Å². The maximum Gasteiger partial charge on any atom is 0.303 e. The van der Waals surface area contributed by atoms with E-state index in [4.69, 9.17) is 14.2 Å². The van der Waals surface area contributed by atoms with E-state index in [0.717, 1.165) is 56.1 Å². The molecule has 3 unspecified atom stereocenters. The number of aliphatic hydroxyl groups is 1. The molecule has 6 heteroatoms. The van der Waals surface area contributed by atoms with Crippen molar-refractivity contribution in [3.63, 3.8) is 0 Å². The zero-order valence-corrected chi connectivity index (χ0v) is 27.1. The van der Waals surface area contributed by atoms with Gasteiger partial charge in [0.25, 0.3) is 0 Å². The quantitative estimate of drug-likeness (QED) is 0.287. The summed E-state index contributed by atoms with van der Waals surface area (Å²) in [6.45, 7) is 17.8. The smallest absolute Gasteiger partial charge is 0.303 e. The molecule has 5 saturated carbocycles. The molecule has 0 amide bonds. The third-order valence-corrected chi connectivity index (χ3v) is 13.1. The van der Waals surface area contributed by atoms with Crippen LogP contribution >= 0.6 is 0 Å². The molecule has 5 aliphatic carbocycles. The van der Waals surface area contributed by atoms with Crippen LogP contribution in [0.5, 0.6) is 0 Å². The highest BCUT2D eigenvalue weighted by atomic mass is 16.6. The second-order valence-corrected chi connectivity index (χ2v) is 16.0. The number of carbonyl (C=O) groups excluding carboxylic acids is 1. The molecule has 0 radical (unpaired) electrons. The molecule has 1 heterocycles. The summed E-state index contributed by atoms with van der Waals surface area (Å²) in [5.74, 6) is 3.49. The molecule has 6 rings (SSSR count). The van der Waals surface area contributed by atoms with Gasteiger partial charge in [-0.1, -0.05) is 13.8 Å². The predicted molar refractivity (Wildman–Crippen MR) is 162 cm³/mol. The minimum atomic E-state index is -1.11. The number of hydrogen-bond donors (Lipinski definition) is 1. The fourth-order valence-corrected chi connectivity index (χ4v) is 11.6. The second kappa shape index (κ2) is 11.2. The van der Waals surface area contributed by atoms with Gasteiger partial charge in [-0.3, -0.25) is 4.79 Å². The van der Waals surface area contributed by atoms with E-state index in [1.807, 2.05) is 0 Å². The van der Waals surface area contributed by atoms with Gasteiger partial charge in [0.1, 0.15) is 0 Å². The lowest BCUT2D eigenvalue weighted by molar-refractivity contribution is -0.198. The van der Waals surface area contributed by atoms with Crippen molar-refractivity contribution in [2.75, 3.05) is 27.2 Å². The molecule has 41 heavy (non-hydrogen) atoms. The summed E-state index contributed by atoms with van der Waals surface area (Å²) < 4.78 is 19.0. The van der Waals surface area contributed by atoms with Crippen LogP contribution in [0.4, 0.5) is 0 Å². The van der Waals surface area contributed by atoms with Crippen molar-refractivity contribution in [1.82, 2.24) is 4.90 Å². The van der Waals surface area contributed by atoms with E-state index in [1.54, 1.807) is 13.8 Å². The largest absolute Gasteiger partial charge is 0.457 e. The highest BCUT2D eigenvalue weighted by molar-refractivity contribution is 5.66. The Morgan fingerprint density at radius 1 is 1.02 bits per heavy atom. The van der Waals surface area contributed by atoms with Crippen LogP contribution in [-0.2, 0) is 19.0 Å². The van der Waals surface area contributed by atoms with Crippen LogP contribution in [-0.4, -0.2) is 73.2 Å². The van der Waals surface area contributed by atoms with E-state index in [-0.39, 0.29) is 23.6 Å². The Balaban J connectivity index is 0.00000165. The van der Waals surface area contributed by atoms with Crippen molar-refractivity contribution in [1.29, 1.82) is 0 Å². The normalized spacial score (nSPS) is 44.6. The Morgan fingerprint density at radius 2 is 1.73 bits per heavy atom. The van der Waals surface area contributed by atoms with Gasteiger partial charge >= 0.3 is 5.97 Å². The van der Waals surface area contributed by atoms with Crippen molar-refractivity contribution in [2.45, 2.75) is 129 Å². The number of esters is 1. The van der Waals surface area contributed by atoms with Gasteiger partial charge < -0.3 is 24.2 Å². The molecule has 0 aromatic carbocycles. The van der Waals surface area contributed by atoms with E-state index >= 15 is 0 Å². The van der Waals surface area contributed by atoms with Crippen LogP contribution in [0.15, 0.2) is 13.2 Å². The van der Waals surface area contributed by atoms with Crippen LogP contribution in [0, 0.1) is 45.8 Å². The summed E-state index contributed by atoms with van der Waals surface area (Å²) in [5, 5.41) is 10.8. The van der Waals surface area contributed by atoms with Gasteiger partial charge in [0, 0.05) is 13.5 Å². The van der Waals surface area contributed by atoms with Gasteiger partial charge in [0.2, 0.25) is 0 Å². The molecule has 234 valence electrons. The summed E-state index contributed by atoms with van der Waals surface area (Å²) in [6.07, 6.45) is 12.6. The standard InChI is InChI=1S/C33H55NO5.C2H4/c1-20(35)38-29(31(4,5)36)25-10-8-22-21-12-14-32-19-33(32)15-13-28(37-17-16-34(6)7)30(2,3)27(33)11-9-24(32)23(21)18-26(22)39-25;1-2/h21-29,36H,8-19H2,1-7H3;1-2H2/t21-,22?,23?,24+,25-,26-,27?,28+,29+,32+,33-;/m1./s1. The molecule has 1 aliphatic heterocycles. The Bertz CT molecular complexity index is 959. The van der Waals surface area contributed by atoms with E-state index in [1.165, 1.54) is 51.9 Å². The number of likely N-dealkylation sites (N-methyl/N-ethyl adjacent to an activating group) is 1. The Labute approximate surface area is 249 Å². The highest BCUT2D eigenvalue weighted by Gasteiger charge is 2.79. The average Bonchev–Trinajstić information content (AvgIpc) is 3.41. The number of nitrogens with zero attached hydrogens (tertiary/aromatic N) is 1. The lowest BCUT2D eigenvalue weighted by Crippen LogP contribution is -2.53. The number of ether oxygens (including phenoxy) is 3. The van der Waals surface area contributed by atoms with Gasteiger partial charge in [-0.2, -0.15) is 0 Å². The van der Waals surface area contributed by atoms with Crippen LogP contribution in [0.1, 0.15) is 98.8 Å². The van der Waals surface area contributed by atoms with Crippen LogP contribution in [0.3, 0.4) is 0 Å². The third-order valence-electron chi connectivity index (χ3n) is 13.1. The summed E-state index contributed by atoms with van der Waals surface area (Å²) in [4.78, 5) is 14.1. The summed E-state index contributed by atoms with van der Waals surface area (Å²) in [5.41, 5.74) is 0.241. The van der Waals surface area contributed by atoms with E-state index in [9.17, 15) is 9.90 Å². The maximum absolute atomic E-state index is 11.8. The molecule has 0 aromatic rings. The molecule has 1 saturated heterocycles. The number of fused-ring (bicyclic) bond motifs is 4. The van der Waals surface area contributed by atoms with E-state index in [0.29, 0.717) is 22.9 Å². The van der Waals surface area contributed by atoms with Crippen molar-refractivity contribution in [3.8, 4) is 0 Å². The highest BCUT2D eigenvalue weighted by Crippen LogP contribution is 2.86. The topological polar surface area (TPSA) is 68.2 Å². The van der Waals surface area contributed by atoms with Crippen molar-refractivity contribution >= 4 is 5.97 Å². The zero-order chi connectivity index (χ0) is 30.0. The first kappa shape index (κ1) is 31.5. The molecule has 6 nitrogen and oxygen atoms in total. The van der Waals surface area contributed by atoms with Crippen LogP contribution in [0.2, 0.25) is 0 Å². The molecule has 6 aliphatic rings. The lowest BCUT2D eigenvalue weighted by atomic mass is 9.48. The zero-order valence-electron chi connectivity index (χ0n) is 27.1. The summed E-state index contributed by atoms with van der Waals surface area (Å²) in [7, 11) is 4.26. The summed E-state index contributed by atoms with van der Waals surface area (Å²) >= 11 is 0. The third kappa shape index (κ3) is 5.15. The van der Waals surface area contributed by atoms with Gasteiger partial charge in [-0.15, -0.1) is 13.2 Å². The van der Waals surface area contributed by atoms with Crippen molar-refractivity contribution < 1.29 is 24.1 Å². The summed E-state index contributed by atoms with van der Waals surface area (Å²) in [6, 6.07) is 0. The molecule has 1 N–H and O–H groups in total. The number of hydrogen-bond acceptors (Lipinski definition) is 6. The van der Waals surface area contributed by atoms with Crippen LogP contribution < -0.4 is 0 Å². The van der Waals surface area contributed by atoms with Gasteiger partial charge in [-0.25, -0.2) is 0 Å². The van der Waals surface area contributed by atoms with E-state index < -0.39 is 11.7 Å². The average molecular weight is 574 g/mol. The first-order chi connectivity index (χ1) is 19.3. The molecule has 6 fully saturated rings. The molecular weight excluding hydrogens is 514 g/mol. The monoisotopic (exact) mass is 573 g/mol. The molecule has 11 atom stereocenters. The first-order valence-corrected chi connectivity index (χ1v) is 16.6. The lowest BCUT2D eigenvalue weighted by Gasteiger charge is -2.58. The fourth-order valence-electron chi connectivity index (χ4n) is 11.6. The second-order valence-electron chi connectivity index (χ2n) is 16.0. The predicted octanol–water partition coefficient (Wildman–Crippen LogP) is 6.25. The Hall–Kier alpha value is -0.950. The Kier molecular flexibility index (Phi) is 8.60. The number of rotatable bonds is 7. The maximum atomic E-state index is 11.8. The fraction of sp³-hybridized carbons (Fsp3) is 0.914.